The number of rotatable bonds is 4. The molecule has 0 radical (unpaired) electrons. The second-order valence-electron chi connectivity index (χ2n) is 4.37. The highest BCUT2D eigenvalue weighted by Crippen LogP contribution is 2.16. The first-order chi connectivity index (χ1) is 8.25. The fourth-order valence-corrected chi connectivity index (χ4v) is 2.47. The molecule has 1 saturated heterocycles. The first-order valence-electron chi connectivity index (χ1n) is 5.99. The van der Waals surface area contributed by atoms with Crippen LogP contribution in [0.15, 0.2) is 28.7 Å². The molecule has 1 atom stereocenters. The van der Waals surface area contributed by atoms with E-state index in [-0.39, 0.29) is 5.91 Å². The van der Waals surface area contributed by atoms with Gasteiger partial charge in [0.05, 0.1) is 6.42 Å². The fourth-order valence-electron chi connectivity index (χ4n) is 2.05. The van der Waals surface area contributed by atoms with Crippen molar-refractivity contribution < 1.29 is 4.79 Å². The van der Waals surface area contributed by atoms with E-state index >= 15 is 0 Å². The molecular weight excluding hydrogens is 280 g/mol. The molecule has 92 valence electrons. The molecule has 0 aromatic heterocycles. The quantitative estimate of drug-likeness (QED) is 0.890. The third-order valence-corrected chi connectivity index (χ3v) is 3.79. The summed E-state index contributed by atoms with van der Waals surface area (Å²) < 4.78 is 0.995. The predicted molar refractivity (Wildman–Crippen MR) is 71.9 cm³/mol. The van der Waals surface area contributed by atoms with E-state index < -0.39 is 0 Å². The molecule has 0 spiro atoms. The Kier molecular flexibility index (Phi) is 4.57. The van der Waals surface area contributed by atoms with Gasteiger partial charge in [-0.3, -0.25) is 4.79 Å². The monoisotopic (exact) mass is 296 g/mol. The Morgan fingerprint density at radius 2 is 2.29 bits per heavy atom. The molecule has 0 saturated carbocycles. The third kappa shape index (κ3) is 3.82. The zero-order chi connectivity index (χ0) is 12.1. The second kappa shape index (κ2) is 6.17. The largest absolute Gasteiger partial charge is 0.354 e. The van der Waals surface area contributed by atoms with Crippen LogP contribution in [0.1, 0.15) is 18.4 Å². The predicted octanol–water partition coefficient (Wildman–Crippen LogP) is 1.86. The van der Waals surface area contributed by atoms with Crippen molar-refractivity contribution in [1.29, 1.82) is 0 Å². The van der Waals surface area contributed by atoms with Crippen LogP contribution in [-0.4, -0.2) is 25.0 Å². The summed E-state index contributed by atoms with van der Waals surface area (Å²) in [5, 5.41) is 6.34. The summed E-state index contributed by atoms with van der Waals surface area (Å²) in [6, 6.07) is 8.29. The molecule has 1 aromatic carbocycles. The van der Waals surface area contributed by atoms with Gasteiger partial charge in [-0.15, -0.1) is 0 Å². The molecule has 1 amide bonds. The lowest BCUT2D eigenvalue weighted by Crippen LogP contribution is -2.37. The van der Waals surface area contributed by atoms with Crippen molar-refractivity contribution in [2.24, 2.45) is 0 Å². The van der Waals surface area contributed by atoms with Crippen LogP contribution in [0.5, 0.6) is 0 Å². The average Bonchev–Trinajstić information content (AvgIpc) is 2.82. The Bertz CT molecular complexity index is 389. The topological polar surface area (TPSA) is 41.1 Å². The standard InChI is InChI=1S/C13H17BrN2O/c14-12-6-2-1-4-10(12)8-13(17)16-9-11-5-3-7-15-11/h1-2,4,6,11,15H,3,5,7-9H2,(H,16,17). The molecule has 1 fully saturated rings. The van der Waals surface area contributed by atoms with Gasteiger partial charge in [-0.05, 0) is 31.0 Å². The van der Waals surface area contributed by atoms with Crippen molar-refractivity contribution in [3.8, 4) is 0 Å². The van der Waals surface area contributed by atoms with Gasteiger partial charge in [0.15, 0.2) is 0 Å². The van der Waals surface area contributed by atoms with Crippen LogP contribution in [0.2, 0.25) is 0 Å². The Labute approximate surface area is 110 Å². The van der Waals surface area contributed by atoms with Gasteiger partial charge in [0.25, 0.3) is 0 Å². The van der Waals surface area contributed by atoms with Gasteiger partial charge in [0.1, 0.15) is 0 Å². The Hall–Kier alpha value is -0.870. The summed E-state index contributed by atoms with van der Waals surface area (Å²) in [5.74, 6) is 0.0885. The lowest BCUT2D eigenvalue weighted by molar-refractivity contribution is -0.120. The van der Waals surface area contributed by atoms with E-state index in [0.717, 1.165) is 29.5 Å². The molecule has 1 unspecified atom stereocenters. The van der Waals surface area contributed by atoms with E-state index in [1.807, 2.05) is 24.3 Å². The van der Waals surface area contributed by atoms with Crippen LogP contribution >= 0.6 is 15.9 Å². The van der Waals surface area contributed by atoms with Crippen molar-refractivity contribution >= 4 is 21.8 Å². The zero-order valence-corrected chi connectivity index (χ0v) is 11.3. The van der Waals surface area contributed by atoms with Gasteiger partial charge in [-0.25, -0.2) is 0 Å². The van der Waals surface area contributed by atoms with Gasteiger partial charge in [-0.1, -0.05) is 34.1 Å². The molecule has 2 rings (SSSR count). The number of carbonyl (C=O) groups is 1. The van der Waals surface area contributed by atoms with Crippen molar-refractivity contribution in [2.45, 2.75) is 25.3 Å². The van der Waals surface area contributed by atoms with Crippen LogP contribution in [0.25, 0.3) is 0 Å². The molecule has 1 aliphatic rings. The Morgan fingerprint density at radius 1 is 1.47 bits per heavy atom. The highest BCUT2D eigenvalue weighted by Gasteiger charge is 2.14. The van der Waals surface area contributed by atoms with E-state index in [2.05, 4.69) is 26.6 Å². The first-order valence-corrected chi connectivity index (χ1v) is 6.78. The summed E-state index contributed by atoms with van der Waals surface area (Å²) in [7, 11) is 0. The van der Waals surface area contributed by atoms with E-state index in [0.29, 0.717) is 12.5 Å². The lowest BCUT2D eigenvalue weighted by Gasteiger charge is -2.11. The SMILES string of the molecule is O=C(Cc1ccccc1Br)NCC1CCCN1. The molecular formula is C13H17BrN2O. The molecule has 4 heteroatoms. The number of benzene rings is 1. The molecule has 2 N–H and O–H groups in total. The fraction of sp³-hybridized carbons (Fsp3) is 0.462. The molecule has 1 heterocycles. The number of hydrogen-bond acceptors (Lipinski definition) is 2. The lowest BCUT2D eigenvalue weighted by atomic mass is 10.1. The Morgan fingerprint density at radius 3 is 3.00 bits per heavy atom. The van der Waals surface area contributed by atoms with Gasteiger partial charge in [-0.2, -0.15) is 0 Å². The number of amides is 1. The molecule has 1 aliphatic heterocycles. The zero-order valence-electron chi connectivity index (χ0n) is 9.71. The number of halogens is 1. The number of carbonyl (C=O) groups excluding carboxylic acids is 1. The van der Waals surface area contributed by atoms with E-state index in [1.165, 1.54) is 6.42 Å². The smallest absolute Gasteiger partial charge is 0.224 e. The van der Waals surface area contributed by atoms with Crippen LogP contribution in [-0.2, 0) is 11.2 Å². The molecule has 0 aliphatic carbocycles. The minimum Gasteiger partial charge on any atom is -0.354 e. The Balaban J connectivity index is 1.79. The van der Waals surface area contributed by atoms with Gasteiger partial charge in [0, 0.05) is 17.1 Å². The van der Waals surface area contributed by atoms with E-state index in [4.69, 9.17) is 0 Å². The summed E-state index contributed by atoms with van der Waals surface area (Å²) in [6.45, 7) is 1.81. The minimum atomic E-state index is 0.0885. The third-order valence-electron chi connectivity index (χ3n) is 3.02. The maximum Gasteiger partial charge on any atom is 0.224 e. The van der Waals surface area contributed by atoms with Gasteiger partial charge >= 0.3 is 0 Å². The van der Waals surface area contributed by atoms with Crippen molar-refractivity contribution in [3.05, 3.63) is 34.3 Å². The van der Waals surface area contributed by atoms with Gasteiger partial charge in [0.2, 0.25) is 5.91 Å². The maximum atomic E-state index is 11.8. The minimum absolute atomic E-state index is 0.0885. The molecule has 3 nitrogen and oxygen atoms in total. The van der Waals surface area contributed by atoms with Crippen molar-refractivity contribution in [1.82, 2.24) is 10.6 Å². The summed E-state index contributed by atoms with van der Waals surface area (Å²) in [5.41, 5.74) is 1.03. The van der Waals surface area contributed by atoms with Gasteiger partial charge < -0.3 is 10.6 Å². The summed E-state index contributed by atoms with van der Waals surface area (Å²) in [6.07, 6.45) is 2.81. The van der Waals surface area contributed by atoms with E-state index in [1.54, 1.807) is 0 Å². The van der Waals surface area contributed by atoms with Crippen molar-refractivity contribution in [2.75, 3.05) is 13.1 Å². The first kappa shape index (κ1) is 12.6. The van der Waals surface area contributed by atoms with Crippen LogP contribution in [0, 0.1) is 0 Å². The number of hydrogen-bond donors (Lipinski definition) is 2. The van der Waals surface area contributed by atoms with Crippen LogP contribution in [0.3, 0.4) is 0 Å². The molecule has 1 aromatic rings. The maximum absolute atomic E-state index is 11.8. The summed E-state index contributed by atoms with van der Waals surface area (Å²) in [4.78, 5) is 11.8. The number of nitrogens with one attached hydrogen (secondary N) is 2. The summed E-state index contributed by atoms with van der Waals surface area (Å²) >= 11 is 3.45. The average molecular weight is 297 g/mol. The van der Waals surface area contributed by atoms with Crippen LogP contribution < -0.4 is 10.6 Å². The molecule has 0 bridgehead atoms. The second-order valence-corrected chi connectivity index (χ2v) is 5.22. The normalized spacial score (nSPS) is 19.2. The highest BCUT2D eigenvalue weighted by atomic mass is 79.9. The van der Waals surface area contributed by atoms with Crippen LogP contribution in [0.4, 0.5) is 0 Å². The highest BCUT2D eigenvalue weighted by molar-refractivity contribution is 9.10. The van der Waals surface area contributed by atoms with Crippen molar-refractivity contribution in [3.63, 3.8) is 0 Å². The molecule has 17 heavy (non-hydrogen) atoms. The van der Waals surface area contributed by atoms with E-state index in [9.17, 15) is 4.79 Å².